The molecule has 34 heavy (non-hydrogen) atoms. The van der Waals surface area contributed by atoms with E-state index in [1.807, 2.05) is 42.9 Å². The zero-order valence-corrected chi connectivity index (χ0v) is 18.6. The predicted molar refractivity (Wildman–Crippen MR) is 140 cm³/mol. The van der Waals surface area contributed by atoms with Gasteiger partial charge in [-0.05, 0) is 87.8 Å². The van der Waals surface area contributed by atoms with Crippen LogP contribution in [-0.2, 0) is 0 Å². The zero-order chi connectivity index (χ0) is 22.7. The van der Waals surface area contributed by atoms with Crippen molar-refractivity contribution in [1.82, 2.24) is 20.6 Å². The molecule has 0 saturated carbocycles. The average Bonchev–Trinajstić information content (AvgIpc) is 2.93. The summed E-state index contributed by atoms with van der Waals surface area (Å²) in [5.41, 5.74) is 7.80. The number of rotatable bonds is 4. The van der Waals surface area contributed by atoms with Gasteiger partial charge in [0.25, 0.3) is 0 Å². The topological polar surface area (TPSA) is 49.8 Å². The molecule has 164 valence electrons. The Hall–Kier alpha value is -4.44. The van der Waals surface area contributed by atoms with Crippen molar-refractivity contribution in [3.8, 4) is 11.1 Å². The second kappa shape index (κ2) is 8.83. The maximum atomic E-state index is 4.59. The van der Waals surface area contributed by atoms with Crippen molar-refractivity contribution in [2.75, 3.05) is 6.54 Å². The lowest BCUT2D eigenvalue weighted by Gasteiger charge is -2.17. The van der Waals surface area contributed by atoms with Crippen LogP contribution in [0.5, 0.6) is 0 Å². The van der Waals surface area contributed by atoms with Crippen LogP contribution in [0.1, 0.15) is 23.0 Å². The van der Waals surface area contributed by atoms with Gasteiger partial charge in [0.1, 0.15) is 0 Å². The molecule has 6 rings (SSSR count). The van der Waals surface area contributed by atoms with Crippen LogP contribution in [0.4, 0.5) is 0 Å². The zero-order valence-electron chi connectivity index (χ0n) is 18.6. The van der Waals surface area contributed by atoms with Gasteiger partial charge in [0.2, 0.25) is 0 Å². The van der Waals surface area contributed by atoms with Gasteiger partial charge in [0.15, 0.2) is 0 Å². The van der Waals surface area contributed by atoms with Crippen LogP contribution in [0.25, 0.3) is 33.2 Å². The third-order valence-electron chi connectivity index (χ3n) is 6.25. The Bertz CT molecular complexity index is 1480. The highest BCUT2D eigenvalue weighted by Gasteiger charge is 2.12. The molecule has 0 aliphatic carbocycles. The van der Waals surface area contributed by atoms with Gasteiger partial charge in [0, 0.05) is 18.9 Å². The van der Waals surface area contributed by atoms with Gasteiger partial charge in [0.05, 0.1) is 23.1 Å². The lowest BCUT2D eigenvalue weighted by molar-refractivity contribution is 0.721. The monoisotopic (exact) mass is 440 g/mol. The van der Waals surface area contributed by atoms with E-state index in [9.17, 15) is 0 Å². The van der Waals surface area contributed by atoms with E-state index >= 15 is 0 Å². The summed E-state index contributed by atoms with van der Waals surface area (Å²) < 4.78 is 0. The molecule has 0 spiro atoms. The Kier molecular flexibility index (Phi) is 5.24. The van der Waals surface area contributed by atoms with Crippen molar-refractivity contribution in [3.63, 3.8) is 0 Å². The first-order valence-electron chi connectivity index (χ1n) is 11.5. The molecule has 1 atom stereocenters. The predicted octanol–water partition coefficient (Wildman–Crippen LogP) is 6.04. The van der Waals surface area contributed by atoms with Gasteiger partial charge in [-0.25, -0.2) is 0 Å². The van der Waals surface area contributed by atoms with E-state index in [4.69, 9.17) is 0 Å². The molecule has 4 heteroatoms. The maximum Gasteiger partial charge on any atom is 0.0868 e. The van der Waals surface area contributed by atoms with Crippen LogP contribution in [0.2, 0.25) is 0 Å². The van der Waals surface area contributed by atoms with Gasteiger partial charge in [-0.15, -0.1) is 0 Å². The summed E-state index contributed by atoms with van der Waals surface area (Å²) in [7, 11) is 0. The summed E-state index contributed by atoms with van der Waals surface area (Å²) in [6.07, 6.45) is 16.3. The molecule has 0 amide bonds. The van der Waals surface area contributed by atoms with Crippen LogP contribution in [0, 0.1) is 0 Å². The number of hydrogen-bond donors (Lipinski definition) is 2. The Morgan fingerprint density at radius 1 is 0.765 bits per heavy atom. The molecule has 4 aromatic rings. The molecule has 0 radical (unpaired) electrons. The van der Waals surface area contributed by atoms with Crippen LogP contribution in [-0.4, -0.2) is 16.5 Å². The Morgan fingerprint density at radius 2 is 1.65 bits per heavy atom. The second-order valence-corrected chi connectivity index (χ2v) is 8.45. The summed E-state index contributed by atoms with van der Waals surface area (Å²) in [6.45, 7) is 0.786. The van der Waals surface area contributed by atoms with Gasteiger partial charge in [-0.1, -0.05) is 48.6 Å². The number of benzene rings is 2. The molecule has 4 nitrogen and oxygen atoms in total. The largest absolute Gasteiger partial charge is 0.380 e. The number of pyridine rings is 2. The van der Waals surface area contributed by atoms with E-state index in [-0.39, 0.29) is 6.04 Å². The SMILES string of the molecule is C1=CNC(c2cc(-c3ccc4ccc(C5=CCNC(c6ccccn6)=C5)cc4c3)ccn2)C=C1. The van der Waals surface area contributed by atoms with Crippen molar-refractivity contribution in [2.45, 2.75) is 6.04 Å². The number of nitrogens with one attached hydrogen (secondary N) is 2. The molecule has 2 aromatic heterocycles. The number of dihydropyridines is 2. The fraction of sp³-hybridized carbons (Fsp3) is 0.0667. The lowest BCUT2D eigenvalue weighted by atomic mass is 9.95. The normalized spacial score (nSPS) is 17.0. The van der Waals surface area contributed by atoms with Crippen LogP contribution in [0.3, 0.4) is 0 Å². The summed E-state index contributed by atoms with van der Waals surface area (Å²) in [5.74, 6) is 0. The highest BCUT2D eigenvalue weighted by atomic mass is 14.9. The van der Waals surface area contributed by atoms with E-state index in [2.05, 4.69) is 93.4 Å². The minimum atomic E-state index is 0.101. The van der Waals surface area contributed by atoms with Gasteiger partial charge in [-0.2, -0.15) is 0 Å². The van der Waals surface area contributed by atoms with Crippen LogP contribution < -0.4 is 10.6 Å². The first kappa shape index (κ1) is 20.2. The van der Waals surface area contributed by atoms with E-state index in [1.54, 1.807) is 0 Å². The molecule has 1 unspecified atom stereocenters. The Balaban J connectivity index is 1.34. The summed E-state index contributed by atoms with van der Waals surface area (Å²) >= 11 is 0. The Labute approximate surface area is 199 Å². The third-order valence-corrected chi connectivity index (χ3v) is 6.25. The summed E-state index contributed by atoms with van der Waals surface area (Å²) in [6, 6.07) is 23.7. The van der Waals surface area contributed by atoms with E-state index in [0.29, 0.717) is 0 Å². The Morgan fingerprint density at radius 3 is 2.50 bits per heavy atom. The lowest BCUT2D eigenvalue weighted by Crippen LogP contribution is -2.16. The van der Waals surface area contributed by atoms with Crippen molar-refractivity contribution in [3.05, 3.63) is 133 Å². The average molecular weight is 441 g/mol. The van der Waals surface area contributed by atoms with E-state index < -0.39 is 0 Å². The van der Waals surface area contributed by atoms with Crippen molar-refractivity contribution in [2.24, 2.45) is 0 Å². The maximum absolute atomic E-state index is 4.59. The molecule has 0 saturated heterocycles. The molecule has 4 heterocycles. The fourth-order valence-electron chi connectivity index (χ4n) is 4.46. The number of allylic oxidation sites excluding steroid dienone is 4. The fourth-order valence-corrected chi connectivity index (χ4v) is 4.46. The van der Waals surface area contributed by atoms with Crippen molar-refractivity contribution >= 4 is 22.0 Å². The van der Waals surface area contributed by atoms with Crippen molar-refractivity contribution < 1.29 is 0 Å². The molecule has 2 aromatic carbocycles. The number of nitrogens with zero attached hydrogens (tertiary/aromatic N) is 2. The molecular weight excluding hydrogens is 416 g/mol. The number of aromatic nitrogens is 2. The molecule has 2 aliphatic heterocycles. The van der Waals surface area contributed by atoms with Gasteiger partial charge >= 0.3 is 0 Å². The second-order valence-electron chi connectivity index (χ2n) is 8.45. The van der Waals surface area contributed by atoms with Gasteiger partial charge in [-0.3, -0.25) is 9.97 Å². The van der Waals surface area contributed by atoms with Crippen molar-refractivity contribution in [1.29, 1.82) is 0 Å². The first-order chi connectivity index (χ1) is 16.8. The van der Waals surface area contributed by atoms with E-state index in [1.165, 1.54) is 33.0 Å². The van der Waals surface area contributed by atoms with Crippen LogP contribution >= 0.6 is 0 Å². The highest BCUT2D eigenvalue weighted by molar-refractivity contribution is 5.93. The summed E-state index contributed by atoms with van der Waals surface area (Å²) in [4.78, 5) is 9.08. The molecular formula is C30H24N4. The number of hydrogen-bond acceptors (Lipinski definition) is 4. The minimum absolute atomic E-state index is 0.101. The summed E-state index contributed by atoms with van der Waals surface area (Å²) in [5, 5.41) is 9.24. The quantitative estimate of drug-likeness (QED) is 0.406. The minimum Gasteiger partial charge on any atom is -0.380 e. The first-order valence-corrected chi connectivity index (χ1v) is 11.5. The molecule has 2 aliphatic rings. The van der Waals surface area contributed by atoms with Gasteiger partial charge < -0.3 is 10.6 Å². The third kappa shape index (κ3) is 4.02. The van der Waals surface area contributed by atoms with Crippen LogP contribution in [0.15, 0.2) is 116 Å². The standard InChI is InChI=1S/C30H24N4/c1-3-13-31-27(5-1)29-19-24(11-15-33-29)22-9-7-21-8-10-23(18-26(21)17-22)25-12-16-34-30(20-25)28-6-2-4-14-32-28/h1-15,17-20,27,31,34H,16H2. The molecule has 0 bridgehead atoms. The highest BCUT2D eigenvalue weighted by Crippen LogP contribution is 2.30. The number of fused-ring (bicyclic) bond motifs is 1. The smallest absolute Gasteiger partial charge is 0.0868 e. The van der Waals surface area contributed by atoms with E-state index in [0.717, 1.165) is 23.6 Å². The molecule has 0 fully saturated rings. The molecule has 2 N–H and O–H groups in total.